The van der Waals surface area contributed by atoms with Gasteiger partial charge < -0.3 is 14.4 Å². The van der Waals surface area contributed by atoms with Gasteiger partial charge in [0.05, 0.1) is 14.2 Å². The predicted molar refractivity (Wildman–Crippen MR) is 108 cm³/mol. The summed E-state index contributed by atoms with van der Waals surface area (Å²) < 4.78 is 37.9. The van der Waals surface area contributed by atoms with E-state index in [2.05, 4.69) is 4.98 Å². The lowest BCUT2D eigenvalue weighted by atomic mass is 10.2. The van der Waals surface area contributed by atoms with Crippen LogP contribution in [0, 0.1) is 0 Å². The van der Waals surface area contributed by atoms with Crippen molar-refractivity contribution >= 4 is 22.0 Å². The summed E-state index contributed by atoms with van der Waals surface area (Å²) >= 11 is 0. The van der Waals surface area contributed by atoms with Gasteiger partial charge in [-0.3, -0.25) is 9.78 Å². The normalized spacial score (nSPS) is 15.4. The number of piperazine rings is 1. The van der Waals surface area contributed by atoms with Gasteiger partial charge in [0, 0.05) is 50.7 Å². The molecule has 0 bridgehead atoms. The van der Waals surface area contributed by atoms with Crippen LogP contribution >= 0.6 is 0 Å². The third-order valence-electron chi connectivity index (χ3n) is 4.66. The van der Waals surface area contributed by atoms with Crippen molar-refractivity contribution in [3.8, 4) is 11.5 Å². The molecule has 0 saturated carbocycles. The van der Waals surface area contributed by atoms with Crippen molar-refractivity contribution in [1.82, 2.24) is 14.2 Å². The van der Waals surface area contributed by atoms with E-state index >= 15 is 0 Å². The Bertz CT molecular complexity index is 984. The molecule has 1 aromatic carbocycles. The average Bonchev–Trinajstić information content (AvgIpc) is 2.77. The highest BCUT2D eigenvalue weighted by atomic mass is 32.2. The second-order valence-corrected chi connectivity index (χ2v) is 8.27. The molecule has 0 unspecified atom stereocenters. The van der Waals surface area contributed by atoms with Gasteiger partial charge in [0.2, 0.25) is 15.9 Å². The largest absolute Gasteiger partial charge is 0.497 e. The molecule has 1 aromatic heterocycles. The van der Waals surface area contributed by atoms with Crippen LogP contribution in [0.15, 0.2) is 53.7 Å². The van der Waals surface area contributed by atoms with Gasteiger partial charge in [-0.25, -0.2) is 8.42 Å². The Hall–Kier alpha value is -2.91. The summed E-state index contributed by atoms with van der Waals surface area (Å²) in [7, 11) is -0.879. The van der Waals surface area contributed by atoms with Gasteiger partial charge in [-0.1, -0.05) is 0 Å². The molecule has 29 heavy (non-hydrogen) atoms. The van der Waals surface area contributed by atoms with E-state index < -0.39 is 10.0 Å². The van der Waals surface area contributed by atoms with Crippen molar-refractivity contribution in [3.05, 3.63) is 54.4 Å². The van der Waals surface area contributed by atoms with Gasteiger partial charge in [0.1, 0.15) is 16.4 Å². The number of methoxy groups -OCH3 is 2. The summed E-state index contributed by atoms with van der Waals surface area (Å²) in [6.07, 6.45) is 6.51. The molecule has 1 saturated heterocycles. The number of amides is 1. The summed E-state index contributed by atoms with van der Waals surface area (Å²) in [5.41, 5.74) is 0.875. The van der Waals surface area contributed by atoms with Crippen molar-refractivity contribution < 1.29 is 22.7 Å². The lowest BCUT2D eigenvalue weighted by Gasteiger charge is -2.33. The highest BCUT2D eigenvalue weighted by molar-refractivity contribution is 7.89. The van der Waals surface area contributed by atoms with Crippen LogP contribution in [0.25, 0.3) is 6.08 Å². The van der Waals surface area contributed by atoms with Crippen molar-refractivity contribution in [2.45, 2.75) is 4.90 Å². The zero-order valence-corrected chi connectivity index (χ0v) is 17.1. The van der Waals surface area contributed by atoms with E-state index in [0.29, 0.717) is 18.8 Å². The summed E-state index contributed by atoms with van der Waals surface area (Å²) in [5, 5.41) is 0. The minimum Gasteiger partial charge on any atom is -0.497 e. The van der Waals surface area contributed by atoms with Crippen molar-refractivity contribution in [3.63, 3.8) is 0 Å². The van der Waals surface area contributed by atoms with Crippen LogP contribution in [-0.2, 0) is 14.8 Å². The van der Waals surface area contributed by atoms with Crippen LogP contribution in [0.3, 0.4) is 0 Å². The molecule has 1 aliphatic heterocycles. The highest BCUT2D eigenvalue weighted by Gasteiger charge is 2.32. The van der Waals surface area contributed by atoms with Crippen molar-refractivity contribution in [2.75, 3.05) is 40.4 Å². The monoisotopic (exact) mass is 417 g/mol. The first-order valence-corrected chi connectivity index (χ1v) is 10.5. The minimum absolute atomic E-state index is 0.0525. The Kier molecular flexibility index (Phi) is 6.50. The number of pyridine rings is 1. The van der Waals surface area contributed by atoms with Crippen LogP contribution in [0.1, 0.15) is 5.56 Å². The zero-order valence-electron chi connectivity index (χ0n) is 16.3. The SMILES string of the molecule is COc1ccc(OC)c(S(=O)(=O)N2CCN(C(=O)/C=C/c3ccncc3)CC2)c1. The van der Waals surface area contributed by atoms with E-state index in [1.807, 2.05) is 0 Å². The van der Waals surface area contributed by atoms with Crippen LogP contribution in [-0.4, -0.2) is 68.9 Å². The maximum Gasteiger partial charge on any atom is 0.247 e. The van der Waals surface area contributed by atoms with Crippen LogP contribution in [0.4, 0.5) is 0 Å². The van der Waals surface area contributed by atoms with E-state index in [4.69, 9.17) is 9.47 Å². The number of nitrogens with zero attached hydrogens (tertiary/aromatic N) is 3. The topological polar surface area (TPSA) is 89.0 Å². The zero-order chi connectivity index (χ0) is 20.9. The molecule has 1 amide bonds. The van der Waals surface area contributed by atoms with Crippen molar-refractivity contribution in [2.24, 2.45) is 0 Å². The molecule has 2 heterocycles. The second kappa shape index (κ2) is 9.06. The molecule has 0 aliphatic carbocycles. The molecule has 0 spiro atoms. The second-order valence-electron chi connectivity index (χ2n) is 6.36. The number of benzene rings is 1. The first-order valence-electron chi connectivity index (χ1n) is 9.05. The van der Waals surface area contributed by atoms with Crippen LogP contribution in [0.2, 0.25) is 0 Å². The number of hydrogen-bond acceptors (Lipinski definition) is 6. The number of hydrogen-bond donors (Lipinski definition) is 0. The van der Waals surface area contributed by atoms with E-state index in [0.717, 1.165) is 5.56 Å². The van der Waals surface area contributed by atoms with Gasteiger partial charge in [0.15, 0.2) is 0 Å². The molecular weight excluding hydrogens is 394 g/mol. The fourth-order valence-electron chi connectivity index (χ4n) is 3.02. The quantitative estimate of drug-likeness (QED) is 0.664. The fourth-order valence-corrected chi connectivity index (χ4v) is 4.61. The maximum absolute atomic E-state index is 13.1. The Morgan fingerprint density at radius 2 is 1.72 bits per heavy atom. The Morgan fingerprint density at radius 3 is 2.34 bits per heavy atom. The number of aromatic nitrogens is 1. The molecule has 0 radical (unpaired) electrons. The predicted octanol–water partition coefficient (Wildman–Crippen LogP) is 1.65. The smallest absolute Gasteiger partial charge is 0.247 e. The summed E-state index contributed by atoms with van der Waals surface area (Å²) in [4.78, 5) is 18.0. The number of carbonyl (C=O) groups is 1. The molecule has 0 N–H and O–H groups in total. The van der Waals surface area contributed by atoms with E-state index in [9.17, 15) is 13.2 Å². The molecule has 1 fully saturated rings. The molecule has 8 nitrogen and oxygen atoms in total. The minimum atomic E-state index is -3.78. The Balaban J connectivity index is 1.68. The summed E-state index contributed by atoms with van der Waals surface area (Å²) in [6, 6.07) is 8.26. The molecule has 2 aromatic rings. The highest BCUT2D eigenvalue weighted by Crippen LogP contribution is 2.31. The maximum atomic E-state index is 13.1. The van der Waals surface area contributed by atoms with Gasteiger partial charge >= 0.3 is 0 Å². The number of carbonyl (C=O) groups excluding carboxylic acids is 1. The average molecular weight is 417 g/mol. The number of rotatable bonds is 6. The Morgan fingerprint density at radius 1 is 1.03 bits per heavy atom. The van der Waals surface area contributed by atoms with Gasteiger partial charge in [-0.05, 0) is 35.9 Å². The molecular formula is C20H23N3O5S. The third-order valence-corrected chi connectivity index (χ3v) is 6.58. The fraction of sp³-hybridized carbons (Fsp3) is 0.300. The lowest BCUT2D eigenvalue weighted by molar-refractivity contribution is -0.127. The summed E-state index contributed by atoms with van der Waals surface area (Å²) in [6.45, 7) is 1.03. The standard InChI is InChI=1S/C20H23N3O5S/c1-27-17-4-5-18(28-2)19(15-17)29(25,26)23-13-11-22(12-14-23)20(24)6-3-16-7-9-21-10-8-16/h3-10,15H,11-14H2,1-2H3/b6-3+. The number of sulfonamides is 1. The lowest BCUT2D eigenvalue weighted by Crippen LogP contribution is -2.50. The van der Waals surface area contributed by atoms with E-state index in [1.165, 1.54) is 30.7 Å². The number of ether oxygens (including phenoxy) is 2. The molecule has 0 atom stereocenters. The van der Waals surface area contributed by atoms with Crippen LogP contribution in [0.5, 0.6) is 11.5 Å². The molecule has 1 aliphatic rings. The van der Waals surface area contributed by atoms with Gasteiger partial charge in [-0.2, -0.15) is 4.31 Å². The Labute approximate surface area is 170 Å². The molecule has 154 valence electrons. The van der Waals surface area contributed by atoms with Crippen LogP contribution < -0.4 is 9.47 Å². The van der Waals surface area contributed by atoms with E-state index in [1.54, 1.807) is 47.6 Å². The molecule has 3 rings (SSSR count). The van der Waals surface area contributed by atoms with Crippen molar-refractivity contribution in [1.29, 1.82) is 0 Å². The van der Waals surface area contributed by atoms with Gasteiger partial charge in [0.25, 0.3) is 0 Å². The first kappa shape index (κ1) is 20.8. The van der Waals surface area contributed by atoms with E-state index in [-0.39, 0.29) is 29.6 Å². The first-order chi connectivity index (χ1) is 14.0. The third kappa shape index (κ3) is 4.75. The molecule has 9 heteroatoms. The summed E-state index contributed by atoms with van der Waals surface area (Å²) in [5.74, 6) is 0.529. The van der Waals surface area contributed by atoms with Gasteiger partial charge in [-0.15, -0.1) is 0 Å².